The van der Waals surface area contributed by atoms with Gasteiger partial charge in [0.1, 0.15) is 0 Å². The first-order valence-corrected chi connectivity index (χ1v) is 6.99. The number of rotatable bonds is 2. The van der Waals surface area contributed by atoms with Gasteiger partial charge in [-0.1, -0.05) is 23.7 Å². The average Bonchev–Trinajstić information content (AvgIpc) is 2.46. The molecule has 0 fully saturated rings. The number of anilines is 3. The summed E-state index contributed by atoms with van der Waals surface area (Å²) >= 11 is 5.88. The first kappa shape index (κ1) is 15.9. The van der Waals surface area contributed by atoms with Gasteiger partial charge in [0.2, 0.25) is 0 Å². The SMILES string of the molecule is Cc1ccc(N)c(NC(=O)C(=O)Nc2cc(Cl)ccc2C)c1. The normalized spacial score (nSPS) is 10.1. The lowest BCUT2D eigenvalue weighted by molar-refractivity contribution is -0.132. The number of nitrogens with two attached hydrogens (primary N) is 1. The summed E-state index contributed by atoms with van der Waals surface area (Å²) in [5, 5.41) is 5.50. The van der Waals surface area contributed by atoms with E-state index in [0.717, 1.165) is 11.1 Å². The van der Waals surface area contributed by atoms with Crippen LogP contribution in [0.1, 0.15) is 11.1 Å². The summed E-state index contributed by atoms with van der Waals surface area (Å²) in [6.45, 7) is 3.67. The molecule has 2 amide bonds. The number of halogens is 1. The molecule has 2 aromatic carbocycles. The van der Waals surface area contributed by atoms with Gasteiger partial charge in [-0.2, -0.15) is 0 Å². The van der Waals surface area contributed by atoms with Crippen molar-refractivity contribution in [1.82, 2.24) is 0 Å². The van der Waals surface area contributed by atoms with Crippen LogP contribution in [0.25, 0.3) is 0 Å². The molecule has 0 aliphatic carbocycles. The van der Waals surface area contributed by atoms with Crippen molar-refractivity contribution < 1.29 is 9.59 Å². The third-order valence-electron chi connectivity index (χ3n) is 3.11. The van der Waals surface area contributed by atoms with Gasteiger partial charge in [0.05, 0.1) is 11.4 Å². The number of nitrogens with one attached hydrogen (secondary N) is 2. The van der Waals surface area contributed by atoms with Crippen LogP contribution in [-0.2, 0) is 9.59 Å². The first-order valence-electron chi connectivity index (χ1n) is 6.61. The molecule has 0 aliphatic rings. The van der Waals surface area contributed by atoms with Gasteiger partial charge in [-0.15, -0.1) is 0 Å². The zero-order chi connectivity index (χ0) is 16.3. The molecular formula is C16H16ClN3O2. The molecule has 2 aromatic rings. The van der Waals surface area contributed by atoms with Crippen molar-refractivity contribution in [3.8, 4) is 0 Å². The molecule has 4 N–H and O–H groups in total. The van der Waals surface area contributed by atoms with E-state index >= 15 is 0 Å². The van der Waals surface area contributed by atoms with Crippen LogP contribution in [0.2, 0.25) is 5.02 Å². The lowest BCUT2D eigenvalue weighted by atomic mass is 10.2. The van der Waals surface area contributed by atoms with E-state index in [9.17, 15) is 9.59 Å². The highest BCUT2D eigenvalue weighted by molar-refractivity contribution is 6.44. The van der Waals surface area contributed by atoms with E-state index in [1.165, 1.54) is 0 Å². The van der Waals surface area contributed by atoms with Gasteiger partial charge in [0.25, 0.3) is 0 Å². The molecule has 0 spiro atoms. The molecule has 22 heavy (non-hydrogen) atoms. The zero-order valence-electron chi connectivity index (χ0n) is 12.2. The van der Waals surface area contributed by atoms with Gasteiger partial charge >= 0.3 is 11.8 Å². The van der Waals surface area contributed by atoms with Gasteiger partial charge in [-0.3, -0.25) is 9.59 Å². The van der Waals surface area contributed by atoms with E-state index in [1.54, 1.807) is 30.3 Å². The van der Waals surface area contributed by atoms with Crippen molar-refractivity contribution in [2.45, 2.75) is 13.8 Å². The fourth-order valence-electron chi connectivity index (χ4n) is 1.87. The number of carbonyl (C=O) groups excluding carboxylic acids is 2. The fourth-order valence-corrected chi connectivity index (χ4v) is 2.04. The molecule has 0 aliphatic heterocycles. The van der Waals surface area contributed by atoms with E-state index in [1.807, 2.05) is 19.9 Å². The van der Waals surface area contributed by atoms with Crippen LogP contribution in [0.4, 0.5) is 17.1 Å². The van der Waals surface area contributed by atoms with Gasteiger partial charge in [-0.25, -0.2) is 0 Å². The number of benzene rings is 2. The summed E-state index contributed by atoms with van der Waals surface area (Å²) in [6.07, 6.45) is 0. The second-order valence-corrected chi connectivity index (χ2v) is 5.39. The highest BCUT2D eigenvalue weighted by Gasteiger charge is 2.16. The Bertz CT molecular complexity index is 681. The smallest absolute Gasteiger partial charge is 0.314 e. The maximum atomic E-state index is 12.0. The molecular weight excluding hydrogens is 302 g/mol. The van der Waals surface area contributed by atoms with Gasteiger partial charge in [0, 0.05) is 10.7 Å². The van der Waals surface area contributed by atoms with E-state index in [0.29, 0.717) is 22.1 Å². The molecule has 114 valence electrons. The Morgan fingerprint density at radius 3 is 2.27 bits per heavy atom. The predicted octanol–water partition coefficient (Wildman–Crippen LogP) is 3.12. The second kappa shape index (κ2) is 6.49. The van der Waals surface area contributed by atoms with E-state index in [4.69, 9.17) is 17.3 Å². The quantitative estimate of drug-likeness (QED) is 0.587. The molecule has 0 saturated heterocycles. The summed E-state index contributed by atoms with van der Waals surface area (Å²) in [4.78, 5) is 23.9. The third kappa shape index (κ3) is 3.77. The number of hydrogen-bond acceptors (Lipinski definition) is 3. The van der Waals surface area contributed by atoms with Crippen LogP contribution in [0.15, 0.2) is 36.4 Å². The molecule has 6 heteroatoms. The van der Waals surface area contributed by atoms with Gasteiger partial charge in [0.15, 0.2) is 0 Å². The van der Waals surface area contributed by atoms with Crippen molar-refractivity contribution in [2.24, 2.45) is 0 Å². The lowest BCUT2D eigenvalue weighted by Gasteiger charge is -2.11. The minimum Gasteiger partial charge on any atom is -0.397 e. The summed E-state index contributed by atoms with van der Waals surface area (Å²) in [6, 6.07) is 10.2. The van der Waals surface area contributed by atoms with Crippen molar-refractivity contribution in [3.63, 3.8) is 0 Å². The monoisotopic (exact) mass is 317 g/mol. The Balaban J connectivity index is 2.11. The van der Waals surface area contributed by atoms with Gasteiger partial charge in [-0.05, 0) is 49.2 Å². The molecule has 0 bridgehead atoms. The molecule has 0 heterocycles. The maximum absolute atomic E-state index is 12.0. The van der Waals surface area contributed by atoms with Crippen molar-refractivity contribution in [1.29, 1.82) is 0 Å². The molecule has 5 nitrogen and oxygen atoms in total. The molecule has 0 saturated carbocycles. The predicted molar refractivity (Wildman–Crippen MR) is 89.0 cm³/mol. The van der Waals surface area contributed by atoms with E-state index < -0.39 is 11.8 Å². The molecule has 0 atom stereocenters. The Morgan fingerprint density at radius 2 is 1.59 bits per heavy atom. The van der Waals surface area contributed by atoms with Crippen LogP contribution in [0.5, 0.6) is 0 Å². The highest BCUT2D eigenvalue weighted by Crippen LogP contribution is 2.21. The summed E-state index contributed by atoms with van der Waals surface area (Å²) < 4.78 is 0. The minimum atomic E-state index is -0.795. The van der Waals surface area contributed by atoms with Crippen LogP contribution in [0, 0.1) is 13.8 Å². The molecule has 2 rings (SSSR count). The lowest BCUT2D eigenvalue weighted by Crippen LogP contribution is -2.29. The average molecular weight is 318 g/mol. The van der Waals surface area contributed by atoms with Crippen molar-refractivity contribution >= 4 is 40.5 Å². The zero-order valence-corrected chi connectivity index (χ0v) is 13.0. The number of aryl methyl sites for hydroxylation is 2. The standard InChI is InChI=1S/C16H16ClN3O2/c1-9-3-6-12(18)14(7-9)20-16(22)15(21)19-13-8-11(17)5-4-10(13)2/h3-8H,18H2,1-2H3,(H,19,21)(H,20,22). The molecule has 0 unspecified atom stereocenters. The summed E-state index contributed by atoms with van der Waals surface area (Å²) in [5.74, 6) is -1.58. The van der Waals surface area contributed by atoms with E-state index in [2.05, 4.69) is 10.6 Å². The largest absolute Gasteiger partial charge is 0.397 e. The third-order valence-corrected chi connectivity index (χ3v) is 3.35. The molecule has 0 radical (unpaired) electrons. The summed E-state index contributed by atoms with van der Waals surface area (Å²) in [7, 11) is 0. The number of carbonyl (C=O) groups is 2. The van der Waals surface area contributed by atoms with Crippen LogP contribution < -0.4 is 16.4 Å². The highest BCUT2D eigenvalue weighted by atomic mass is 35.5. The van der Waals surface area contributed by atoms with E-state index in [-0.39, 0.29) is 0 Å². The van der Waals surface area contributed by atoms with Crippen LogP contribution >= 0.6 is 11.6 Å². The van der Waals surface area contributed by atoms with Crippen molar-refractivity contribution in [3.05, 3.63) is 52.5 Å². The number of nitrogen functional groups attached to an aromatic ring is 1. The Kier molecular flexibility index (Phi) is 4.68. The van der Waals surface area contributed by atoms with Crippen LogP contribution in [0.3, 0.4) is 0 Å². The Hall–Kier alpha value is -2.53. The van der Waals surface area contributed by atoms with Crippen LogP contribution in [-0.4, -0.2) is 11.8 Å². The molecule has 0 aromatic heterocycles. The van der Waals surface area contributed by atoms with Crippen molar-refractivity contribution in [2.75, 3.05) is 16.4 Å². The topological polar surface area (TPSA) is 84.2 Å². The fraction of sp³-hybridized carbons (Fsp3) is 0.125. The number of amides is 2. The summed E-state index contributed by atoms with van der Waals surface area (Å²) in [5.41, 5.74) is 8.79. The Labute approximate surface area is 133 Å². The Morgan fingerprint density at radius 1 is 0.955 bits per heavy atom. The second-order valence-electron chi connectivity index (χ2n) is 4.96. The number of hydrogen-bond donors (Lipinski definition) is 3. The maximum Gasteiger partial charge on any atom is 0.314 e. The minimum absolute atomic E-state index is 0.394. The first-order chi connectivity index (χ1) is 10.4. The van der Waals surface area contributed by atoms with Gasteiger partial charge < -0.3 is 16.4 Å².